The normalized spacial score (nSPS) is 25.3. The van der Waals surface area contributed by atoms with E-state index in [1.54, 1.807) is 6.07 Å². The molecular formula is C15H22ClFN2. The van der Waals surface area contributed by atoms with Gasteiger partial charge in [-0.05, 0) is 44.5 Å². The van der Waals surface area contributed by atoms with Crippen molar-refractivity contribution in [2.24, 2.45) is 11.7 Å². The van der Waals surface area contributed by atoms with Gasteiger partial charge in [0.1, 0.15) is 5.82 Å². The molecule has 1 heterocycles. The molecule has 0 radical (unpaired) electrons. The van der Waals surface area contributed by atoms with Crippen molar-refractivity contribution >= 4 is 11.6 Å². The molecule has 0 aliphatic carbocycles. The van der Waals surface area contributed by atoms with Gasteiger partial charge in [0, 0.05) is 11.6 Å². The second kappa shape index (κ2) is 6.69. The van der Waals surface area contributed by atoms with Crippen molar-refractivity contribution in [3.63, 3.8) is 0 Å². The Hall–Kier alpha value is -0.640. The van der Waals surface area contributed by atoms with Crippen LogP contribution in [0.2, 0.25) is 5.02 Å². The Morgan fingerprint density at radius 2 is 2.21 bits per heavy atom. The number of nitrogens with zero attached hydrogens (tertiary/aromatic N) is 1. The van der Waals surface area contributed by atoms with Crippen molar-refractivity contribution in [2.75, 3.05) is 19.6 Å². The molecule has 1 saturated heterocycles. The highest BCUT2D eigenvalue weighted by atomic mass is 35.5. The fourth-order valence-corrected chi connectivity index (χ4v) is 3.30. The molecule has 1 aromatic carbocycles. The Bertz CT molecular complexity index is 411. The third-order valence-corrected chi connectivity index (χ3v) is 4.41. The van der Waals surface area contributed by atoms with Gasteiger partial charge in [0.2, 0.25) is 0 Å². The molecule has 0 saturated carbocycles. The average molecular weight is 285 g/mol. The first-order valence-electron chi connectivity index (χ1n) is 7.07. The van der Waals surface area contributed by atoms with Gasteiger partial charge in [-0.3, -0.25) is 4.90 Å². The Balaban J connectivity index is 2.42. The van der Waals surface area contributed by atoms with Crippen LogP contribution in [0.25, 0.3) is 0 Å². The van der Waals surface area contributed by atoms with E-state index in [1.807, 2.05) is 12.1 Å². The van der Waals surface area contributed by atoms with E-state index >= 15 is 0 Å². The lowest BCUT2D eigenvalue weighted by Gasteiger charge is -2.34. The molecule has 2 nitrogen and oxygen atoms in total. The van der Waals surface area contributed by atoms with Crippen LogP contribution in [0.1, 0.15) is 37.8 Å². The number of nitrogens with two attached hydrogens (primary N) is 1. The maximum absolute atomic E-state index is 14.3. The van der Waals surface area contributed by atoms with Crippen LogP contribution in [-0.2, 0) is 0 Å². The number of hydrogen-bond acceptors (Lipinski definition) is 2. The Kier molecular flexibility index (Phi) is 5.20. The van der Waals surface area contributed by atoms with E-state index in [2.05, 4.69) is 11.8 Å². The molecule has 1 fully saturated rings. The quantitative estimate of drug-likeness (QED) is 0.919. The van der Waals surface area contributed by atoms with Gasteiger partial charge in [0.25, 0.3) is 0 Å². The molecule has 106 valence electrons. The van der Waals surface area contributed by atoms with Gasteiger partial charge in [0.05, 0.1) is 5.02 Å². The summed E-state index contributed by atoms with van der Waals surface area (Å²) in [5.41, 5.74) is 6.62. The molecule has 2 atom stereocenters. The number of likely N-dealkylation sites (tertiary alicyclic amines) is 1. The molecule has 2 rings (SSSR count). The van der Waals surface area contributed by atoms with E-state index < -0.39 is 0 Å². The van der Waals surface area contributed by atoms with Crippen LogP contribution in [0.4, 0.5) is 4.39 Å². The average Bonchev–Trinajstić information content (AvgIpc) is 2.63. The summed E-state index contributed by atoms with van der Waals surface area (Å²) in [6, 6.07) is 5.33. The lowest BCUT2D eigenvalue weighted by atomic mass is 9.89. The highest BCUT2D eigenvalue weighted by Crippen LogP contribution is 2.37. The molecule has 0 amide bonds. The zero-order chi connectivity index (χ0) is 13.8. The minimum Gasteiger partial charge on any atom is -0.330 e. The molecule has 0 aromatic heterocycles. The standard InChI is InChI=1S/C15H22ClFN2/c1-2-19-9-4-3-6-11(10-18)15(19)12-7-5-8-13(16)14(12)17/h5,7-8,11,15H,2-4,6,9-10,18H2,1H3. The molecular weight excluding hydrogens is 263 g/mol. The zero-order valence-electron chi connectivity index (χ0n) is 11.4. The van der Waals surface area contributed by atoms with Crippen molar-refractivity contribution in [3.05, 3.63) is 34.6 Å². The van der Waals surface area contributed by atoms with Crippen molar-refractivity contribution in [1.82, 2.24) is 4.90 Å². The SMILES string of the molecule is CCN1CCCCC(CN)C1c1cccc(Cl)c1F. The fourth-order valence-electron chi connectivity index (χ4n) is 3.12. The number of hydrogen-bond donors (Lipinski definition) is 1. The van der Waals surface area contributed by atoms with Crippen molar-refractivity contribution in [2.45, 2.75) is 32.2 Å². The zero-order valence-corrected chi connectivity index (χ0v) is 12.2. The molecule has 1 aliphatic heterocycles. The van der Waals surface area contributed by atoms with E-state index in [9.17, 15) is 4.39 Å². The summed E-state index contributed by atoms with van der Waals surface area (Å²) in [6.07, 6.45) is 3.38. The first-order chi connectivity index (χ1) is 9.19. The number of halogens is 2. The number of benzene rings is 1. The minimum absolute atomic E-state index is 0.0520. The van der Waals surface area contributed by atoms with E-state index in [4.69, 9.17) is 17.3 Å². The summed E-state index contributed by atoms with van der Waals surface area (Å²) >= 11 is 5.93. The predicted octanol–water partition coefficient (Wildman–Crippen LogP) is 3.60. The van der Waals surface area contributed by atoms with Crippen LogP contribution in [-0.4, -0.2) is 24.5 Å². The van der Waals surface area contributed by atoms with Crippen LogP contribution in [0.15, 0.2) is 18.2 Å². The molecule has 2 N–H and O–H groups in total. The smallest absolute Gasteiger partial charge is 0.146 e. The second-order valence-corrected chi connectivity index (χ2v) is 5.62. The van der Waals surface area contributed by atoms with Gasteiger partial charge in [-0.2, -0.15) is 0 Å². The van der Waals surface area contributed by atoms with Gasteiger partial charge in [-0.15, -0.1) is 0 Å². The lowest BCUT2D eigenvalue weighted by molar-refractivity contribution is 0.162. The maximum Gasteiger partial charge on any atom is 0.146 e. The van der Waals surface area contributed by atoms with Gasteiger partial charge in [-0.1, -0.05) is 37.1 Å². The second-order valence-electron chi connectivity index (χ2n) is 5.21. The molecule has 1 aromatic rings. The summed E-state index contributed by atoms with van der Waals surface area (Å²) in [4.78, 5) is 2.33. The van der Waals surface area contributed by atoms with E-state index in [0.29, 0.717) is 18.0 Å². The number of rotatable bonds is 3. The van der Waals surface area contributed by atoms with Gasteiger partial charge < -0.3 is 5.73 Å². The van der Waals surface area contributed by atoms with Crippen molar-refractivity contribution < 1.29 is 4.39 Å². The highest BCUT2D eigenvalue weighted by molar-refractivity contribution is 6.30. The van der Waals surface area contributed by atoms with Crippen LogP contribution < -0.4 is 5.73 Å². The van der Waals surface area contributed by atoms with E-state index in [0.717, 1.165) is 32.4 Å². The summed E-state index contributed by atoms with van der Waals surface area (Å²) in [5.74, 6) is 0.0170. The Labute approximate surface area is 119 Å². The Morgan fingerprint density at radius 3 is 2.89 bits per heavy atom. The van der Waals surface area contributed by atoms with E-state index in [-0.39, 0.29) is 16.9 Å². The molecule has 0 bridgehead atoms. The minimum atomic E-state index is -0.284. The molecule has 1 aliphatic rings. The summed E-state index contributed by atoms with van der Waals surface area (Å²) in [6.45, 7) is 4.62. The van der Waals surface area contributed by atoms with Gasteiger partial charge in [-0.25, -0.2) is 4.39 Å². The topological polar surface area (TPSA) is 29.3 Å². The monoisotopic (exact) mass is 284 g/mol. The predicted molar refractivity (Wildman–Crippen MR) is 77.8 cm³/mol. The van der Waals surface area contributed by atoms with Crippen LogP contribution >= 0.6 is 11.6 Å². The van der Waals surface area contributed by atoms with Gasteiger partial charge in [0.15, 0.2) is 0 Å². The fraction of sp³-hybridized carbons (Fsp3) is 0.600. The third kappa shape index (κ3) is 3.10. The maximum atomic E-state index is 14.3. The summed E-state index contributed by atoms with van der Waals surface area (Å²) in [5, 5.41) is 0.202. The molecule has 4 heteroatoms. The Morgan fingerprint density at radius 1 is 1.42 bits per heavy atom. The first kappa shape index (κ1) is 14.8. The first-order valence-corrected chi connectivity index (χ1v) is 7.44. The largest absolute Gasteiger partial charge is 0.330 e. The third-order valence-electron chi connectivity index (χ3n) is 4.12. The summed E-state index contributed by atoms with van der Waals surface area (Å²) < 4.78 is 14.3. The highest BCUT2D eigenvalue weighted by Gasteiger charge is 2.31. The molecule has 2 unspecified atom stereocenters. The molecule has 0 spiro atoms. The van der Waals surface area contributed by atoms with Crippen LogP contribution in [0.3, 0.4) is 0 Å². The van der Waals surface area contributed by atoms with Crippen molar-refractivity contribution in [1.29, 1.82) is 0 Å². The van der Waals surface area contributed by atoms with Crippen LogP contribution in [0, 0.1) is 11.7 Å². The van der Waals surface area contributed by atoms with Gasteiger partial charge >= 0.3 is 0 Å². The lowest BCUT2D eigenvalue weighted by Crippen LogP contribution is -2.36. The molecule has 19 heavy (non-hydrogen) atoms. The van der Waals surface area contributed by atoms with Crippen LogP contribution in [0.5, 0.6) is 0 Å². The van der Waals surface area contributed by atoms with Crippen molar-refractivity contribution in [3.8, 4) is 0 Å². The van der Waals surface area contributed by atoms with E-state index in [1.165, 1.54) is 0 Å². The summed E-state index contributed by atoms with van der Waals surface area (Å²) in [7, 11) is 0.